The quantitative estimate of drug-likeness (QED) is 0.615. The molecule has 0 unspecified atom stereocenters. The van der Waals surface area contributed by atoms with E-state index in [-0.39, 0.29) is 18.3 Å². The molecule has 2 aromatic carbocycles. The molecule has 0 saturated heterocycles. The third-order valence-corrected chi connectivity index (χ3v) is 7.11. The third-order valence-electron chi connectivity index (χ3n) is 5.37. The summed E-state index contributed by atoms with van der Waals surface area (Å²) in [4.78, 5) is 12.9. The molecule has 0 spiro atoms. The van der Waals surface area contributed by atoms with Crippen LogP contribution < -0.4 is 23.8 Å². The van der Waals surface area contributed by atoms with Gasteiger partial charge in [0, 0.05) is 6.07 Å². The van der Waals surface area contributed by atoms with E-state index in [9.17, 15) is 13.2 Å². The third kappa shape index (κ3) is 5.27. The van der Waals surface area contributed by atoms with Gasteiger partial charge >= 0.3 is 0 Å². The number of amides is 1. The molecule has 32 heavy (non-hydrogen) atoms. The molecule has 0 bridgehead atoms. The van der Waals surface area contributed by atoms with Crippen molar-refractivity contribution in [1.82, 2.24) is 5.32 Å². The Kier molecular flexibility index (Phi) is 7.50. The maximum absolute atomic E-state index is 12.9. The molecule has 1 N–H and O–H groups in total. The van der Waals surface area contributed by atoms with E-state index in [1.54, 1.807) is 32.2 Å². The van der Waals surface area contributed by atoms with Gasteiger partial charge in [0.25, 0.3) is 0 Å². The average Bonchev–Trinajstić information content (AvgIpc) is 2.80. The molecule has 1 aliphatic rings. The van der Waals surface area contributed by atoms with Gasteiger partial charge in [-0.25, -0.2) is 8.42 Å². The molecule has 1 aliphatic heterocycles. The lowest BCUT2D eigenvalue weighted by molar-refractivity contribution is -0.120. The Balaban J connectivity index is 1.81. The van der Waals surface area contributed by atoms with Crippen LogP contribution in [0.4, 0.5) is 5.69 Å². The maximum atomic E-state index is 12.9. The average molecular weight is 463 g/mol. The smallest absolute Gasteiger partial charge is 0.241 e. The van der Waals surface area contributed by atoms with Crippen molar-refractivity contribution in [2.75, 3.05) is 36.9 Å². The number of nitrogens with zero attached hydrogens (tertiary/aromatic N) is 1. The minimum Gasteiger partial charge on any atom is -0.496 e. The Morgan fingerprint density at radius 1 is 1.12 bits per heavy atom. The van der Waals surface area contributed by atoms with Crippen LogP contribution in [0.15, 0.2) is 36.4 Å². The number of hydrogen-bond acceptors (Lipinski definition) is 6. The molecule has 3 rings (SSSR count). The number of hydrogen-bond donors (Lipinski definition) is 1. The fourth-order valence-electron chi connectivity index (χ4n) is 3.60. The van der Waals surface area contributed by atoms with Gasteiger partial charge in [-0.1, -0.05) is 19.1 Å². The van der Waals surface area contributed by atoms with E-state index in [0.29, 0.717) is 36.8 Å². The fourth-order valence-corrected chi connectivity index (χ4v) is 4.66. The second kappa shape index (κ2) is 10.1. The highest BCUT2D eigenvalue weighted by molar-refractivity contribution is 7.92. The molecular formula is C23H30N2O6S. The number of aryl methyl sites for hydroxylation is 1. The summed E-state index contributed by atoms with van der Waals surface area (Å²) in [6.45, 7) is 5.95. The van der Waals surface area contributed by atoms with E-state index in [4.69, 9.17) is 14.2 Å². The molecule has 174 valence electrons. The number of benzene rings is 2. The SMILES string of the molecule is CC[C@@H](NC(=O)CN(c1ccc2c(c1)OCCO2)S(=O)(=O)CC)c1ccc(OC)c(C)c1. The van der Waals surface area contributed by atoms with Crippen molar-refractivity contribution in [3.05, 3.63) is 47.5 Å². The van der Waals surface area contributed by atoms with E-state index in [1.807, 2.05) is 32.0 Å². The van der Waals surface area contributed by atoms with Gasteiger partial charge in [-0.2, -0.15) is 0 Å². The number of nitrogens with one attached hydrogen (secondary N) is 1. The molecule has 0 radical (unpaired) electrons. The molecule has 0 saturated carbocycles. The Hall–Kier alpha value is -2.94. The number of sulfonamides is 1. The summed E-state index contributed by atoms with van der Waals surface area (Å²) in [6, 6.07) is 10.4. The molecule has 1 heterocycles. The maximum Gasteiger partial charge on any atom is 0.241 e. The van der Waals surface area contributed by atoms with Crippen molar-refractivity contribution in [1.29, 1.82) is 0 Å². The first-order valence-corrected chi connectivity index (χ1v) is 12.2. The molecular weight excluding hydrogens is 432 g/mol. The summed E-state index contributed by atoms with van der Waals surface area (Å²) in [5.41, 5.74) is 2.26. The van der Waals surface area contributed by atoms with E-state index >= 15 is 0 Å². The van der Waals surface area contributed by atoms with Crippen molar-refractivity contribution in [3.8, 4) is 17.2 Å². The molecule has 0 fully saturated rings. The van der Waals surface area contributed by atoms with Gasteiger partial charge in [0.1, 0.15) is 25.5 Å². The number of fused-ring (bicyclic) bond motifs is 1. The molecule has 2 aromatic rings. The first kappa shape index (κ1) is 23.7. The zero-order chi connectivity index (χ0) is 23.3. The van der Waals surface area contributed by atoms with Gasteiger partial charge in [0.15, 0.2) is 11.5 Å². The highest BCUT2D eigenvalue weighted by Crippen LogP contribution is 2.35. The van der Waals surface area contributed by atoms with E-state index < -0.39 is 15.9 Å². The molecule has 8 nitrogen and oxygen atoms in total. The number of carbonyl (C=O) groups is 1. The summed E-state index contributed by atoms with van der Waals surface area (Å²) < 4.78 is 43.1. The predicted octanol–water partition coefficient (Wildman–Crippen LogP) is 3.20. The highest BCUT2D eigenvalue weighted by Gasteiger charge is 2.26. The van der Waals surface area contributed by atoms with Crippen molar-refractivity contribution < 1.29 is 27.4 Å². The largest absolute Gasteiger partial charge is 0.496 e. The molecule has 1 atom stereocenters. The minimum absolute atomic E-state index is 0.135. The van der Waals surface area contributed by atoms with E-state index in [1.165, 1.54) is 0 Å². The first-order valence-electron chi connectivity index (χ1n) is 10.6. The summed E-state index contributed by atoms with van der Waals surface area (Å²) >= 11 is 0. The Bertz CT molecular complexity index is 1070. The van der Waals surface area contributed by atoms with Crippen molar-refractivity contribution in [2.24, 2.45) is 0 Å². The van der Waals surface area contributed by atoms with Crippen LogP contribution in [-0.2, 0) is 14.8 Å². The molecule has 0 aliphatic carbocycles. The number of methoxy groups -OCH3 is 1. The lowest BCUT2D eigenvalue weighted by Gasteiger charge is -2.27. The van der Waals surface area contributed by atoms with Gasteiger partial charge in [-0.3, -0.25) is 9.10 Å². The van der Waals surface area contributed by atoms with Crippen LogP contribution in [0.3, 0.4) is 0 Å². The van der Waals surface area contributed by atoms with Crippen molar-refractivity contribution in [3.63, 3.8) is 0 Å². The number of anilines is 1. The van der Waals surface area contributed by atoms with Crippen LogP contribution in [0.2, 0.25) is 0 Å². The van der Waals surface area contributed by atoms with Crippen LogP contribution in [0.1, 0.15) is 37.4 Å². The summed E-state index contributed by atoms with van der Waals surface area (Å²) in [6.07, 6.45) is 0.655. The first-order chi connectivity index (χ1) is 15.3. The van der Waals surface area contributed by atoms with Gasteiger partial charge in [-0.05, 0) is 49.6 Å². The summed E-state index contributed by atoms with van der Waals surface area (Å²) in [7, 11) is -2.09. The van der Waals surface area contributed by atoms with E-state index in [0.717, 1.165) is 21.2 Å². The number of rotatable bonds is 9. The normalized spacial score (nSPS) is 13.9. The highest BCUT2D eigenvalue weighted by atomic mass is 32.2. The standard InChI is InChI=1S/C23H30N2O6S/c1-5-19(17-7-9-20(29-4)16(3)13-17)24-23(26)15-25(32(27,28)6-2)18-8-10-21-22(14-18)31-12-11-30-21/h7-10,13-14,19H,5-6,11-12,15H2,1-4H3,(H,24,26)/t19-/m1/s1. The Morgan fingerprint density at radius 3 is 2.47 bits per heavy atom. The van der Waals surface area contributed by atoms with Crippen LogP contribution in [0, 0.1) is 6.92 Å². The number of ether oxygens (including phenoxy) is 3. The fraction of sp³-hybridized carbons (Fsp3) is 0.435. The topological polar surface area (TPSA) is 94.2 Å². The van der Waals surface area contributed by atoms with Crippen molar-refractivity contribution >= 4 is 21.6 Å². The molecule has 1 amide bonds. The van der Waals surface area contributed by atoms with Crippen LogP contribution in [-0.4, -0.2) is 46.9 Å². The van der Waals surface area contributed by atoms with Crippen LogP contribution in [0.25, 0.3) is 0 Å². The van der Waals surface area contributed by atoms with E-state index in [2.05, 4.69) is 5.32 Å². The van der Waals surface area contributed by atoms with Crippen LogP contribution >= 0.6 is 0 Å². The second-order valence-corrected chi connectivity index (χ2v) is 9.67. The zero-order valence-corrected chi connectivity index (χ0v) is 19.7. The zero-order valence-electron chi connectivity index (χ0n) is 18.9. The lowest BCUT2D eigenvalue weighted by Crippen LogP contribution is -2.42. The predicted molar refractivity (Wildman–Crippen MR) is 123 cm³/mol. The minimum atomic E-state index is -3.70. The molecule has 0 aromatic heterocycles. The monoisotopic (exact) mass is 462 g/mol. The summed E-state index contributed by atoms with van der Waals surface area (Å²) in [5.74, 6) is 1.26. The van der Waals surface area contributed by atoms with Crippen molar-refractivity contribution in [2.45, 2.75) is 33.2 Å². The lowest BCUT2D eigenvalue weighted by atomic mass is 10.0. The van der Waals surface area contributed by atoms with Gasteiger partial charge in [0.05, 0.1) is 24.6 Å². The summed E-state index contributed by atoms with van der Waals surface area (Å²) in [5, 5.41) is 2.96. The second-order valence-electron chi connectivity index (χ2n) is 7.49. The van der Waals surface area contributed by atoms with Gasteiger partial charge in [-0.15, -0.1) is 0 Å². The Morgan fingerprint density at radius 2 is 1.84 bits per heavy atom. The Labute approximate surface area is 189 Å². The van der Waals surface area contributed by atoms with Crippen LogP contribution in [0.5, 0.6) is 17.2 Å². The van der Waals surface area contributed by atoms with Gasteiger partial charge in [0.2, 0.25) is 15.9 Å². The molecule has 9 heteroatoms. The van der Waals surface area contributed by atoms with Gasteiger partial charge < -0.3 is 19.5 Å². The number of carbonyl (C=O) groups excluding carboxylic acids is 1.